The Balaban J connectivity index is 1.78. The standard InChI is InChI=1S/C18H21BrN4O/c1-18(11-21-10-16(20)23-18)13-3-2-4-15(9-13)22-17(24)12-5-7-14(19)8-6-12/h2-9,16,21,23H,10-11,20H2,1H3,(H,22,24). The number of hydrogen-bond acceptors (Lipinski definition) is 4. The third-order valence-electron chi connectivity index (χ3n) is 4.21. The Labute approximate surface area is 150 Å². The lowest BCUT2D eigenvalue weighted by atomic mass is 9.89. The molecule has 6 heteroatoms. The van der Waals surface area contributed by atoms with E-state index < -0.39 is 0 Å². The number of piperazine rings is 1. The van der Waals surface area contributed by atoms with E-state index in [2.05, 4.69) is 38.8 Å². The molecular formula is C18H21BrN4O. The first-order valence-corrected chi connectivity index (χ1v) is 8.67. The number of anilines is 1. The monoisotopic (exact) mass is 388 g/mol. The van der Waals surface area contributed by atoms with Gasteiger partial charge in [-0.2, -0.15) is 0 Å². The van der Waals surface area contributed by atoms with Gasteiger partial charge in [-0.1, -0.05) is 28.1 Å². The molecule has 0 aliphatic carbocycles. The summed E-state index contributed by atoms with van der Waals surface area (Å²) in [4.78, 5) is 12.4. The zero-order chi connectivity index (χ0) is 17.2. The molecule has 2 aromatic rings. The van der Waals surface area contributed by atoms with Crippen molar-refractivity contribution in [3.05, 3.63) is 64.1 Å². The molecule has 0 radical (unpaired) electrons. The predicted octanol–water partition coefficient (Wildman–Crippen LogP) is 2.39. The number of nitrogens with two attached hydrogens (primary N) is 1. The number of amides is 1. The molecule has 1 fully saturated rings. The first-order chi connectivity index (χ1) is 11.5. The van der Waals surface area contributed by atoms with Gasteiger partial charge in [-0.15, -0.1) is 0 Å². The average Bonchev–Trinajstić information content (AvgIpc) is 2.55. The van der Waals surface area contributed by atoms with E-state index in [0.29, 0.717) is 5.56 Å². The molecule has 1 saturated heterocycles. The van der Waals surface area contributed by atoms with E-state index in [0.717, 1.165) is 28.8 Å². The van der Waals surface area contributed by atoms with Crippen molar-refractivity contribution >= 4 is 27.5 Å². The molecule has 2 atom stereocenters. The lowest BCUT2D eigenvalue weighted by Crippen LogP contribution is -2.63. The molecular weight excluding hydrogens is 368 g/mol. The van der Waals surface area contributed by atoms with Crippen LogP contribution in [0.4, 0.5) is 5.69 Å². The van der Waals surface area contributed by atoms with Crippen molar-refractivity contribution in [1.82, 2.24) is 10.6 Å². The molecule has 126 valence electrons. The van der Waals surface area contributed by atoms with Crippen LogP contribution in [-0.4, -0.2) is 25.2 Å². The maximum Gasteiger partial charge on any atom is 0.255 e. The summed E-state index contributed by atoms with van der Waals surface area (Å²) in [6.07, 6.45) is -0.0928. The summed E-state index contributed by atoms with van der Waals surface area (Å²) in [5.41, 5.74) is 8.21. The second-order valence-corrected chi connectivity index (χ2v) is 7.17. The van der Waals surface area contributed by atoms with Crippen molar-refractivity contribution < 1.29 is 4.79 Å². The van der Waals surface area contributed by atoms with Crippen molar-refractivity contribution in [3.8, 4) is 0 Å². The maximum atomic E-state index is 12.4. The Morgan fingerprint density at radius 3 is 2.75 bits per heavy atom. The highest BCUT2D eigenvalue weighted by molar-refractivity contribution is 9.10. The summed E-state index contributed by atoms with van der Waals surface area (Å²) in [5.74, 6) is -0.128. The predicted molar refractivity (Wildman–Crippen MR) is 99.9 cm³/mol. The number of carbonyl (C=O) groups is 1. The molecule has 1 aliphatic heterocycles. The van der Waals surface area contributed by atoms with E-state index in [4.69, 9.17) is 5.73 Å². The first kappa shape index (κ1) is 17.1. The molecule has 5 nitrogen and oxygen atoms in total. The quantitative estimate of drug-likeness (QED) is 0.650. The molecule has 1 heterocycles. The van der Waals surface area contributed by atoms with Gasteiger partial charge in [0.05, 0.1) is 11.7 Å². The molecule has 1 aliphatic rings. The average molecular weight is 389 g/mol. The molecule has 2 aromatic carbocycles. The van der Waals surface area contributed by atoms with Crippen LogP contribution in [0.5, 0.6) is 0 Å². The molecule has 1 amide bonds. The van der Waals surface area contributed by atoms with Crippen molar-refractivity contribution in [2.45, 2.75) is 18.6 Å². The summed E-state index contributed by atoms with van der Waals surface area (Å²) in [5, 5.41) is 9.71. The van der Waals surface area contributed by atoms with Gasteiger partial charge in [0.15, 0.2) is 0 Å². The molecule has 0 spiro atoms. The van der Waals surface area contributed by atoms with Crippen LogP contribution in [-0.2, 0) is 5.54 Å². The van der Waals surface area contributed by atoms with Gasteiger partial charge in [-0.25, -0.2) is 0 Å². The second kappa shape index (κ2) is 7.03. The topological polar surface area (TPSA) is 79.2 Å². The fourth-order valence-corrected chi connectivity index (χ4v) is 3.18. The summed E-state index contributed by atoms with van der Waals surface area (Å²) >= 11 is 3.37. The molecule has 0 aromatic heterocycles. The van der Waals surface area contributed by atoms with Gasteiger partial charge >= 0.3 is 0 Å². The van der Waals surface area contributed by atoms with Gasteiger partial charge in [0, 0.05) is 28.8 Å². The van der Waals surface area contributed by atoms with Crippen molar-refractivity contribution in [2.24, 2.45) is 5.73 Å². The van der Waals surface area contributed by atoms with Gasteiger partial charge in [-0.05, 0) is 48.9 Å². The van der Waals surface area contributed by atoms with E-state index >= 15 is 0 Å². The van der Waals surface area contributed by atoms with E-state index in [9.17, 15) is 4.79 Å². The smallest absolute Gasteiger partial charge is 0.255 e. The normalized spacial score (nSPS) is 23.7. The van der Waals surface area contributed by atoms with E-state index in [-0.39, 0.29) is 17.6 Å². The van der Waals surface area contributed by atoms with Crippen LogP contribution in [0.2, 0.25) is 0 Å². The lowest BCUT2D eigenvalue weighted by molar-refractivity contribution is 0.102. The Hall–Kier alpha value is -1.73. The highest BCUT2D eigenvalue weighted by Crippen LogP contribution is 2.25. The van der Waals surface area contributed by atoms with Gasteiger partial charge in [0.1, 0.15) is 0 Å². The van der Waals surface area contributed by atoms with Crippen LogP contribution in [0, 0.1) is 0 Å². The number of halogens is 1. The number of nitrogens with one attached hydrogen (secondary N) is 3. The first-order valence-electron chi connectivity index (χ1n) is 7.88. The molecule has 0 saturated carbocycles. The van der Waals surface area contributed by atoms with E-state index in [1.165, 1.54) is 0 Å². The minimum atomic E-state index is -0.268. The Kier molecular flexibility index (Phi) is 5.01. The van der Waals surface area contributed by atoms with Gasteiger partial charge in [-0.3, -0.25) is 10.1 Å². The molecule has 5 N–H and O–H groups in total. The zero-order valence-corrected chi connectivity index (χ0v) is 15.1. The van der Waals surface area contributed by atoms with Crippen LogP contribution < -0.4 is 21.7 Å². The van der Waals surface area contributed by atoms with E-state index in [1.54, 1.807) is 12.1 Å². The minimum absolute atomic E-state index is 0.0928. The van der Waals surface area contributed by atoms with Gasteiger partial charge in [0.25, 0.3) is 5.91 Å². The second-order valence-electron chi connectivity index (χ2n) is 6.26. The maximum absolute atomic E-state index is 12.4. The minimum Gasteiger partial charge on any atom is -0.322 e. The molecule has 3 rings (SSSR count). The third-order valence-corrected chi connectivity index (χ3v) is 4.74. The third kappa shape index (κ3) is 3.84. The van der Waals surface area contributed by atoms with Crippen LogP contribution in [0.3, 0.4) is 0 Å². The van der Waals surface area contributed by atoms with Crippen LogP contribution in [0.15, 0.2) is 53.0 Å². The summed E-state index contributed by atoms with van der Waals surface area (Å²) in [6.45, 7) is 3.63. The molecule has 0 bridgehead atoms. The van der Waals surface area contributed by atoms with Gasteiger partial charge < -0.3 is 16.4 Å². The largest absolute Gasteiger partial charge is 0.322 e. The lowest BCUT2D eigenvalue weighted by Gasteiger charge is -2.39. The Morgan fingerprint density at radius 2 is 2.04 bits per heavy atom. The van der Waals surface area contributed by atoms with Crippen LogP contribution in [0.1, 0.15) is 22.8 Å². The highest BCUT2D eigenvalue weighted by Gasteiger charge is 2.31. The number of benzene rings is 2. The fourth-order valence-electron chi connectivity index (χ4n) is 2.92. The van der Waals surface area contributed by atoms with Crippen LogP contribution in [0.25, 0.3) is 0 Å². The van der Waals surface area contributed by atoms with Crippen LogP contribution >= 0.6 is 15.9 Å². The summed E-state index contributed by atoms with van der Waals surface area (Å²) < 4.78 is 0.946. The number of rotatable bonds is 3. The molecule has 2 unspecified atom stereocenters. The Morgan fingerprint density at radius 1 is 1.29 bits per heavy atom. The molecule has 24 heavy (non-hydrogen) atoms. The Bertz CT molecular complexity index is 734. The SMILES string of the molecule is CC1(c2cccc(NC(=O)c3ccc(Br)cc3)c2)CNCC(N)N1. The van der Waals surface area contributed by atoms with Crippen molar-refractivity contribution in [1.29, 1.82) is 0 Å². The van der Waals surface area contributed by atoms with Crippen molar-refractivity contribution in [3.63, 3.8) is 0 Å². The number of hydrogen-bond donors (Lipinski definition) is 4. The highest BCUT2D eigenvalue weighted by atomic mass is 79.9. The summed E-state index contributed by atoms with van der Waals surface area (Å²) in [7, 11) is 0. The zero-order valence-electron chi connectivity index (χ0n) is 13.5. The van der Waals surface area contributed by atoms with Crippen molar-refractivity contribution in [2.75, 3.05) is 18.4 Å². The number of carbonyl (C=O) groups excluding carboxylic acids is 1. The fraction of sp³-hybridized carbons (Fsp3) is 0.278. The van der Waals surface area contributed by atoms with Gasteiger partial charge in [0.2, 0.25) is 0 Å². The summed E-state index contributed by atoms with van der Waals surface area (Å²) in [6, 6.07) is 15.1. The van der Waals surface area contributed by atoms with E-state index in [1.807, 2.05) is 36.4 Å².